The second-order valence-corrected chi connectivity index (χ2v) is 6.99. The van der Waals surface area contributed by atoms with Crippen LogP contribution in [0.1, 0.15) is 57.4 Å². The second-order valence-electron chi connectivity index (χ2n) is 6.99. The molecule has 0 spiro atoms. The zero-order valence-corrected chi connectivity index (χ0v) is 18.0. The van der Waals surface area contributed by atoms with Gasteiger partial charge in [0.15, 0.2) is 5.96 Å². The summed E-state index contributed by atoms with van der Waals surface area (Å²) in [6, 6.07) is 8.78. The fourth-order valence-corrected chi connectivity index (χ4v) is 3.63. The van der Waals surface area contributed by atoms with Gasteiger partial charge in [0, 0.05) is 31.2 Å². The van der Waals surface area contributed by atoms with Crippen LogP contribution in [0.4, 0.5) is 5.69 Å². The maximum Gasteiger partial charge on any atom is 0.227 e. The molecule has 5 nitrogen and oxygen atoms in total. The van der Waals surface area contributed by atoms with E-state index in [1.54, 1.807) is 0 Å². The van der Waals surface area contributed by atoms with Crippen LogP contribution in [-0.2, 0) is 11.3 Å². The number of anilines is 1. The highest BCUT2D eigenvalue weighted by Gasteiger charge is 2.21. The lowest BCUT2D eigenvalue weighted by atomic mass is 9.96. The van der Waals surface area contributed by atoms with E-state index in [2.05, 4.69) is 29.7 Å². The van der Waals surface area contributed by atoms with Gasteiger partial charge in [-0.2, -0.15) is 0 Å². The highest BCUT2D eigenvalue weighted by atomic mass is 127. The normalized spacial score (nSPS) is 18.6. The molecule has 0 bridgehead atoms. The quantitative estimate of drug-likeness (QED) is 0.391. The van der Waals surface area contributed by atoms with E-state index in [1.165, 1.54) is 32.1 Å². The summed E-state index contributed by atoms with van der Waals surface area (Å²) in [5.74, 6) is 1.14. The van der Waals surface area contributed by atoms with Gasteiger partial charge in [-0.05, 0) is 43.9 Å². The van der Waals surface area contributed by atoms with E-state index >= 15 is 0 Å². The number of hydrogen-bond donors (Lipinski definition) is 2. The average Bonchev–Trinajstić information content (AvgIpc) is 3.07. The molecule has 144 valence electrons. The highest BCUT2D eigenvalue weighted by Crippen LogP contribution is 2.22. The van der Waals surface area contributed by atoms with E-state index in [0.717, 1.165) is 36.7 Å². The largest absolute Gasteiger partial charge is 0.357 e. The van der Waals surface area contributed by atoms with Gasteiger partial charge in [0.1, 0.15) is 0 Å². The van der Waals surface area contributed by atoms with E-state index in [9.17, 15) is 4.79 Å². The van der Waals surface area contributed by atoms with Gasteiger partial charge in [-0.15, -0.1) is 24.0 Å². The minimum absolute atomic E-state index is 0. The van der Waals surface area contributed by atoms with E-state index in [-0.39, 0.29) is 29.9 Å². The van der Waals surface area contributed by atoms with Crippen LogP contribution in [0.3, 0.4) is 0 Å². The summed E-state index contributed by atoms with van der Waals surface area (Å²) in [5.41, 5.74) is 2.17. The van der Waals surface area contributed by atoms with Gasteiger partial charge in [0.05, 0.1) is 6.54 Å². The summed E-state index contributed by atoms with van der Waals surface area (Å²) in [6.07, 6.45) is 8.10. The maximum absolute atomic E-state index is 11.8. The molecule has 1 heterocycles. The van der Waals surface area contributed by atoms with Crippen molar-refractivity contribution in [2.24, 2.45) is 4.99 Å². The molecule has 2 aliphatic rings. The third-order valence-electron chi connectivity index (χ3n) is 5.03. The third-order valence-corrected chi connectivity index (χ3v) is 5.03. The predicted molar refractivity (Wildman–Crippen MR) is 118 cm³/mol. The molecule has 1 aliphatic heterocycles. The van der Waals surface area contributed by atoms with Crippen molar-refractivity contribution in [3.8, 4) is 0 Å². The Labute approximate surface area is 174 Å². The van der Waals surface area contributed by atoms with Crippen molar-refractivity contribution in [2.45, 2.75) is 64.5 Å². The Kier molecular flexibility index (Phi) is 8.68. The molecule has 2 fully saturated rings. The van der Waals surface area contributed by atoms with E-state index < -0.39 is 0 Å². The smallest absolute Gasteiger partial charge is 0.227 e. The number of nitrogens with zero attached hydrogens (tertiary/aromatic N) is 2. The van der Waals surface area contributed by atoms with Crippen LogP contribution in [0.25, 0.3) is 0 Å². The maximum atomic E-state index is 11.8. The lowest BCUT2D eigenvalue weighted by Gasteiger charge is -2.24. The number of hydrogen-bond acceptors (Lipinski definition) is 2. The van der Waals surface area contributed by atoms with Gasteiger partial charge in [0.2, 0.25) is 5.91 Å². The predicted octanol–water partition coefficient (Wildman–Crippen LogP) is 3.82. The molecular weight excluding hydrogens is 439 g/mol. The number of rotatable bonds is 5. The molecule has 1 saturated carbocycles. The molecule has 26 heavy (non-hydrogen) atoms. The van der Waals surface area contributed by atoms with Crippen LogP contribution in [0.5, 0.6) is 0 Å². The number of amides is 1. The fourth-order valence-electron chi connectivity index (χ4n) is 3.63. The van der Waals surface area contributed by atoms with Crippen LogP contribution in [0, 0.1) is 0 Å². The van der Waals surface area contributed by atoms with Gasteiger partial charge < -0.3 is 15.5 Å². The molecule has 6 heteroatoms. The topological polar surface area (TPSA) is 56.7 Å². The summed E-state index contributed by atoms with van der Waals surface area (Å²) in [6.45, 7) is 4.46. The second kappa shape index (κ2) is 10.7. The number of guanidine groups is 1. The number of carbonyl (C=O) groups excluding carboxylic acids is 1. The fraction of sp³-hybridized carbons (Fsp3) is 0.600. The van der Waals surface area contributed by atoms with Crippen molar-refractivity contribution in [3.63, 3.8) is 0 Å². The standard InChI is InChI=1S/C20H30N4O.HI/c1-2-21-20(23-17-7-4-3-5-8-17)22-15-16-10-12-18(13-11-16)24-14-6-9-19(24)25;/h10-13,17H,2-9,14-15H2,1H3,(H2,21,22,23);1H. The van der Waals surface area contributed by atoms with E-state index in [0.29, 0.717) is 19.0 Å². The van der Waals surface area contributed by atoms with Crippen LogP contribution in [0.2, 0.25) is 0 Å². The molecule has 0 unspecified atom stereocenters. The van der Waals surface area contributed by atoms with Crippen molar-refractivity contribution in [1.29, 1.82) is 0 Å². The Hall–Kier alpha value is -1.31. The summed E-state index contributed by atoms with van der Waals surface area (Å²) in [4.78, 5) is 18.4. The Bertz CT molecular complexity index is 596. The van der Waals surface area contributed by atoms with Crippen LogP contribution < -0.4 is 15.5 Å². The number of nitrogens with one attached hydrogen (secondary N) is 2. The molecule has 3 rings (SSSR count). The van der Waals surface area contributed by atoms with Gasteiger partial charge >= 0.3 is 0 Å². The molecular formula is C20H31IN4O. The van der Waals surface area contributed by atoms with Crippen LogP contribution >= 0.6 is 24.0 Å². The Balaban J connectivity index is 0.00000243. The molecule has 0 atom stereocenters. The Morgan fingerprint density at radius 2 is 1.88 bits per heavy atom. The minimum Gasteiger partial charge on any atom is -0.357 e. The first-order valence-corrected chi connectivity index (χ1v) is 9.70. The molecule has 0 radical (unpaired) electrons. The molecule has 1 saturated heterocycles. The molecule has 1 amide bonds. The van der Waals surface area contributed by atoms with Crippen LogP contribution in [-0.4, -0.2) is 31.0 Å². The van der Waals surface area contributed by atoms with Crippen molar-refractivity contribution in [2.75, 3.05) is 18.0 Å². The average molecular weight is 470 g/mol. The van der Waals surface area contributed by atoms with Crippen molar-refractivity contribution < 1.29 is 4.79 Å². The number of aliphatic imine (C=N–C) groups is 1. The highest BCUT2D eigenvalue weighted by molar-refractivity contribution is 14.0. The molecule has 1 aromatic rings. The van der Waals surface area contributed by atoms with Crippen molar-refractivity contribution in [1.82, 2.24) is 10.6 Å². The number of carbonyl (C=O) groups is 1. The van der Waals surface area contributed by atoms with E-state index in [4.69, 9.17) is 4.99 Å². The van der Waals surface area contributed by atoms with Crippen LogP contribution in [0.15, 0.2) is 29.3 Å². The minimum atomic E-state index is 0. The number of benzene rings is 1. The molecule has 0 aromatic heterocycles. The van der Waals surface area contributed by atoms with E-state index in [1.807, 2.05) is 17.0 Å². The first kappa shape index (κ1) is 21.0. The molecule has 2 N–H and O–H groups in total. The third kappa shape index (κ3) is 5.86. The summed E-state index contributed by atoms with van der Waals surface area (Å²) in [5, 5.41) is 6.92. The van der Waals surface area contributed by atoms with Gasteiger partial charge in [0.25, 0.3) is 0 Å². The molecule has 1 aliphatic carbocycles. The zero-order valence-electron chi connectivity index (χ0n) is 15.7. The molecule has 1 aromatic carbocycles. The lowest BCUT2D eigenvalue weighted by Crippen LogP contribution is -2.44. The van der Waals surface area contributed by atoms with Gasteiger partial charge in [-0.25, -0.2) is 4.99 Å². The lowest BCUT2D eigenvalue weighted by molar-refractivity contribution is -0.117. The van der Waals surface area contributed by atoms with Crippen molar-refractivity contribution >= 4 is 41.5 Å². The number of halogens is 1. The van der Waals surface area contributed by atoms with Crippen molar-refractivity contribution in [3.05, 3.63) is 29.8 Å². The Morgan fingerprint density at radius 3 is 2.50 bits per heavy atom. The summed E-state index contributed by atoms with van der Waals surface area (Å²) >= 11 is 0. The van der Waals surface area contributed by atoms with Gasteiger partial charge in [-0.3, -0.25) is 4.79 Å². The summed E-state index contributed by atoms with van der Waals surface area (Å²) < 4.78 is 0. The monoisotopic (exact) mass is 470 g/mol. The first-order chi connectivity index (χ1) is 12.3. The SMILES string of the molecule is CCNC(=NCc1ccc(N2CCCC2=O)cc1)NC1CCCCC1.I. The summed E-state index contributed by atoms with van der Waals surface area (Å²) in [7, 11) is 0. The Morgan fingerprint density at radius 1 is 1.15 bits per heavy atom. The zero-order chi connectivity index (χ0) is 17.5. The first-order valence-electron chi connectivity index (χ1n) is 9.70. The van der Waals surface area contributed by atoms with Gasteiger partial charge in [-0.1, -0.05) is 31.4 Å².